The van der Waals surface area contributed by atoms with E-state index in [2.05, 4.69) is 66.7 Å². The van der Waals surface area contributed by atoms with Crippen LogP contribution in [-0.2, 0) is 0 Å². The van der Waals surface area contributed by atoms with E-state index in [0.717, 1.165) is 50.3 Å². The SMILES string of the molecule is O=c1c2ccccc2oc2ccc(-c3cccc(-c4cccc(-c5cc(-c6ccccc6)nc(-c6ccccc6)n5)c4)c3)cc12. The van der Waals surface area contributed by atoms with Gasteiger partial charge in [-0.25, -0.2) is 9.97 Å². The first kappa shape index (κ1) is 26.5. The molecule has 2 heterocycles. The molecule has 0 atom stereocenters. The molecule has 8 rings (SSSR count). The Hall–Kier alpha value is -6.13. The third-order valence-electron chi connectivity index (χ3n) is 8.09. The average Bonchev–Trinajstić information content (AvgIpc) is 3.12. The second kappa shape index (κ2) is 11.2. The largest absolute Gasteiger partial charge is 0.456 e. The Morgan fingerprint density at radius 1 is 0.378 bits per heavy atom. The van der Waals surface area contributed by atoms with Crippen molar-refractivity contribution in [2.75, 3.05) is 0 Å². The van der Waals surface area contributed by atoms with E-state index in [1.54, 1.807) is 0 Å². The van der Waals surface area contributed by atoms with Crippen LogP contribution in [0.3, 0.4) is 0 Å². The predicted molar refractivity (Wildman–Crippen MR) is 183 cm³/mol. The van der Waals surface area contributed by atoms with Crippen LogP contribution in [0.1, 0.15) is 0 Å². The van der Waals surface area contributed by atoms with Crippen molar-refractivity contribution in [2.45, 2.75) is 0 Å². The van der Waals surface area contributed by atoms with E-state index in [1.165, 1.54) is 0 Å². The summed E-state index contributed by atoms with van der Waals surface area (Å²) in [5.74, 6) is 0.688. The van der Waals surface area contributed by atoms with Crippen molar-refractivity contribution in [3.05, 3.63) is 168 Å². The third kappa shape index (κ3) is 5.09. The lowest BCUT2D eigenvalue weighted by Gasteiger charge is -2.11. The van der Waals surface area contributed by atoms with Gasteiger partial charge < -0.3 is 4.42 Å². The molecule has 0 unspecified atom stereocenters. The molecule has 45 heavy (non-hydrogen) atoms. The fourth-order valence-electron chi connectivity index (χ4n) is 5.79. The van der Waals surface area contributed by atoms with Gasteiger partial charge in [0.25, 0.3) is 0 Å². The van der Waals surface area contributed by atoms with Crippen molar-refractivity contribution in [3.63, 3.8) is 0 Å². The number of aromatic nitrogens is 2. The van der Waals surface area contributed by atoms with Crippen molar-refractivity contribution in [2.24, 2.45) is 0 Å². The molecule has 0 aliphatic carbocycles. The first-order chi connectivity index (χ1) is 22.2. The smallest absolute Gasteiger partial charge is 0.200 e. The lowest BCUT2D eigenvalue weighted by atomic mass is 9.96. The van der Waals surface area contributed by atoms with E-state index in [-0.39, 0.29) is 5.43 Å². The third-order valence-corrected chi connectivity index (χ3v) is 8.09. The molecule has 0 aliphatic rings. The molecule has 6 aromatic carbocycles. The van der Waals surface area contributed by atoms with Gasteiger partial charge >= 0.3 is 0 Å². The molecule has 2 aromatic heterocycles. The Bertz CT molecular complexity index is 2340. The lowest BCUT2D eigenvalue weighted by Crippen LogP contribution is -2.01. The van der Waals surface area contributed by atoms with Crippen molar-refractivity contribution < 1.29 is 4.42 Å². The van der Waals surface area contributed by atoms with Gasteiger partial charge in [0.15, 0.2) is 5.82 Å². The molecule has 4 nitrogen and oxygen atoms in total. The summed E-state index contributed by atoms with van der Waals surface area (Å²) in [4.78, 5) is 23.2. The van der Waals surface area contributed by atoms with Crippen LogP contribution in [0, 0.1) is 0 Å². The van der Waals surface area contributed by atoms with Crippen LogP contribution in [0.4, 0.5) is 0 Å². The summed E-state index contributed by atoms with van der Waals surface area (Å²) in [6.45, 7) is 0. The van der Waals surface area contributed by atoms with Gasteiger partial charge in [-0.15, -0.1) is 0 Å². The molecule has 0 N–H and O–H groups in total. The molecule has 212 valence electrons. The minimum Gasteiger partial charge on any atom is -0.456 e. The molecule has 0 amide bonds. The Labute approximate surface area is 259 Å². The maximum atomic E-state index is 13.3. The first-order valence-electron chi connectivity index (χ1n) is 14.9. The highest BCUT2D eigenvalue weighted by molar-refractivity contribution is 5.92. The number of rotatable bonds is 5. The van der Waals surface area contributed by atoms with Gasteiger partial charge in [0.2, 0.25) is 5.43 Å². The van der Waals surface area contributed by atoms with E-state index in [9.17, 15) is 4.79 Å². The summed E-state index contributed by atoms with van der Waals surface area (Å²) >= 11 is 0. The maximum Gasteiger partial charge on any atom is 0.200 e. The summed E-state index contributed by atoms with van der Waals surface area (Å²) in [6.07, 6.45) is 0. The summed E-state index contributed by atoms with van der Waals surface area (Å²) in [7, 11) is 0. The van der Waals surface area contributed by atoms with Crippen LogP contribution < -0.4 is 5.43 Å². The molecular weight excluding hydrogens is 552 g/mol. The molecule has 0 bridgehead atoms. The maximum absolute atomic E-state index is 13.3. The standard InChI is InChI=1S/C41H26N2O2/c44-40-34-19-7-8-20-38(34)45-39-22-21-32(25-35(39)40)30-16-9-15-29(23-30)31-17-10-18-33(24-31)37-26-36(27-11-3-1-4-12-27)42-41(43-37)28-13-5-2-6-14-28/h1-26H. The minimum absolute atomic E-state index is 0.0212. The van der Waals surface area contributed by atoms with E-state index in [1.807, 2.05) is 91.0 Å². The summed E-state index contributed by atoms with van der Waals surface area (Å²) in [5, 5.41) is 1.16. The van der Waals surface area contributed by atoms with Gasteiger partial charge in [-0.3, -0.25) is 4.79 Å². The molecule has 0 saturated heterocycles. The van der Waals surface area contributed by atoms with Crippen molar-refractivity contribution in [1.29, 1.82) is 0 Å². The molecule has 8 aromatic rings. The molecular formula is C41H26N2O2. The van der Waals surface area contributed by atoms with Gasteiger partial charge in [0.05, 0.1) is 22.2 Å². The second-order valence-corrected chi connectivity index (χ2v) is 11.0. The van der Waals surface area contributed by atoms with Crippen molar-refractivity contribution in [1.82, 2.24) is 9.97 Å². The van der Waals surface area contributed by atoms with Crippen LogP contribution >= 0.6 is 0 Å². The van der Waals surface area contributed by atoms with E-state index >= 15 is 0 Å². The number of fused-ring (bicyclic) bond motifs is 2. The van der Waals surface area contributed by atoms with Gasteiger partial charge in [0, 0.05) is 16.7 Å². The van der Waals surface area contributed by atoms with Crippen molar-refractivity contribution in [3.8, 4) is 56.2 Å². The molecule has 0 radical (unpaired) electrons. The quantitative estimate of drug-likeness (QED) is 0.191. The Morgan fingerprint density at radius 3 is 1.60 bits per heavy atom. The zero-order valence-electron chi connectivity index (χ0n) is 24.2. The highest BCUT2D eigenvalue weighted by Crippen LogP contribution is 2.32. The molecule has 4 heteroatoms. The van der Waals surface area contributed by atoms with Crippen molar-refractivity contribution >= 4 is 21.9 Å². The zero-order valence-corrected chi connectivity index (χ0v) is 24.2. The first-order valence-corrected chi connectivity index (χ1v) is 14.9. The highest BCUT2D eigenvalue weighted by Gasteiger charge is 2.13. The van der Waals surface area contributed by atoms with E-state index in [0.29, 0.717) is 27.8 Å². The summed E-state index contributed by atoms with van der Waals surface area (Å²) in [6, 6.07) is 52.4. The predicted octanol–water partition coefficient (Wildman–Crippen LogP) is 10.1. The normalized spacial score (nSPS) is 11.2. The van der Waals surface area contributed by atoms with Gasteiger partial charge in [-0.05, 0) is 64.7 Å². The Morgan fingerprint density at radius 2 is 0.889 bits per heavy atom. The van der Waals surface area contributed by atoms with Crippen LogP contribution in [-0.4, -0.2) is 9.97 Å². The molecule has 0 spiro atoms. The molecule has 0 aliphatic heterocycles. The van der Waals surface area contributed by atoms with Crippen LogP contribution in [0.2, 0.25) is 0 Å². The summed E-state index contributed by atoms with van der Waals surface area (Å²) < 4.78 is 6.03. The molecule has 0 fully saturated rings. The lowest BCUT2D eigenvalue weighted by molar-refractivity contribution is 0.660. The van der Waals surface area contributed by atoms with Crippen LogP contribution in [0.5, 0.6) is 0 Å². The number of para-hydroxylation sites is 1. The number of hydrogen-bond acceptors (Lipinski definition) is 4. The Kier molecular flexibility index (Phi) is 6.58. The fraction of sp³-hybridized carbons (Fsp3) is 0. The van der Waals surface area contributed by atoms with Crippen LogP contribution in [0.25, 0.3) is 78.1 Å². The van der Waals surface area contributed by atoms with Crippen LogP contribution in [0.15, 0.2) is 167 Å². The Balaban J connectivity index is 1.20. The van der Waals surface area contributed by atoms with Gasteiger partial charge in [-0.2, -0.15) is 0 Å². The second-order valence-electron chi connectivity index (χ2n) is 11.0. The number of benzene rings is 6. The fourth-order valence-corrected chi connectivity index (χ4v) is 5.79. The van der Waals surface area contributed by atoms with Gasteiger partial charge in [-0.1, -0.05) is 115 Å². The minimum atomic E-state index is -0.0212. The summed E-state index contributed by atoms with van der Waals surface area (Å²) in [5.41, 5.74) is 10.0. The number of hydrogen-bond donors (Lipinski definition) is 0. The average molecular weight is 579 g/mol. The van der Waals surface area contributed by atoms with Gasteiger partial charge in [0.1, 0.15) is 11.2 Å². The van der Waals surface area contributed by atoms with E-state index in [4.69, 9.17) is 14.4 Å². The monoisotopic (exact) mass is 578 g/mol. The highest BCUT2D eigenvalue weighted by atomic mass is 16.3. The number of nitrogens with zero attached hydrogens (tertiary/aromatic N) is 2. The molecule has 0 saturated carbocycles. The zero-order chi connectivity index (χ0) is 30.2. The topological polar surface area (TPSA) is 56.0 Å². The van der Waals surface area contributed by atoms with E-state index < -0.39 is 0 Å².